The monoisotopic (exact) mass is 513 g/mol. The first-order valence-electron chi connectivity index (χ1n) is 11.4. The Hall–Kier alpha value is -3.07. The Labute approximate surface area is 211 Å². The number of hydrogen-bond acceptors (Lipinski definition) is 5. The van der Waals surface area contributed by atoms with E-state index in [2.05, 4.69) is 27.1 Å². The van der Waals surface area contributed by atoms with E-state index in [0.29, 0.717) is 10.8 Å². The van der Waals surface area contributed by atoms with Crippen molar-refractivity contribution in [2.45, 2.75) is 30.3 Å². The van der Waals surface area contributed by atoms with Crippen LogP contribution in [0.5, 0.6) is 5.75 Å². The normalized spacial score (nSPS) is 14.9. The summed E-state index contributed by atoms with van der Waals surface area (Å²) in [6.07, 6.45) is 1.68. The standard InChI is InChI=1S/C26H28ClN3O4S/c1-34-25-11-10-21(27)17-24(25)29-35(32,33)23-9-5-8-20(16-23)26(31)28-22-12-14-30(15-13-22)18-19-6-3-2-4-7-19/h2-11,16-17,22,29H,12-15,18H2,1H3,(H,28,31). The molecule has 35 heavy (non-hydrogen) atoms. The maximum Gasteiger partial charge on any atom is 0.262 e. The molecule has 1 aliphatic heterocycles. The van der Waals surface area contributed by atoms with Gasteiger partial charge in [-0.2, -0.15) is 0 Å². The van der Waals surface area contributed by atoms with Crippen molar-refractivity contribution in [2.75, 3.05) is 24.9 Å². The van der Waals surface area contributed by atoms with Crippen LogP contribution in [-0.2, 0) is 16.6 Å². The van der Waals surface area contributed by atoms with Gasteiger partial charge in [0.1, 0.15) is 5.75 Å². The van der Waals surface area contributed by atoms with E-state index in [4.69, 9.17) is 16.3 Å². The highest BCUT2D eigenvalue weighted by Gasteiger charge is 2.23. The third-order valence-electron chi connectivity index (χ3n) is 5.98. The highest BCUT2D eigenvalue weighted by atomic mass is 35.5. The number of benzene rings is 3. The lowest BCUT2D eigenvalue weighted by Gasteiger charge is -2.32. The molecule has 1 heterocycles. The topological polar surface area (TPSA) is 87.7 Å². The first-order valence-corrected chi connectivity index (χ1v) is 13.2. The lowest BCUT2D eigenvalue weighted by molar-refractivity contribution is 0.0908. The molecule has 0 bridgehead atoms. The van der Waals surface area contributed by atoms with E-state index in [9.17, 15) is 13.2 Å². The van der Waals surface area contributed by atoms with E-state index < -0.39 is 10.0 Å². The molecular formula is C26H28ClN3O4S. The Morgan fingerprint density at radius 1 is 1.03 bits per heavy atom. The number of nitrogens with zero attached hydrogens (tertiary/aromatic N) is 1. The van der Waals surface area contributed by atoms with Crippen molar-refractivity contribution in [3.63, 3.8) is 0 Å². The summed E-state index contributed by atoms with van der Waals surface area (Å²) in [7, 11) is -2.52. The number of amides is 1. The number of nitrogens with one attached hydrogen (secondary N) is 2. The average molecular weight is 514 g/mol. The van der Waals surface area contributed by atoms with Crippen LogP contribution in [0.2, 0.25) is 5.02 Å². The first kappa shape index (κ1) is 25.0. The molecule has 2 N–H and O–H groups in total. The van der Waals surface area contributed by atoms with E-state index in [1.165, 1.54) is 30.9 Å². The van der Waals surface area contributed by atoms with E-state index in [0.717, 1.165) is 32.5 Å². The molecule has 1 fully saturated rings. The fourth-order valence-corrected chi connectivity index (χ4v) is 5.39. The summed E-state index contributed by atoms with van der Waals surface area (Å²) in [6.45, 7) is 2.67. The second-order valence-electron chi connectivity index (χ2n) is 8.49. The van der Waals surface area contributed by atoms with Gasteiger partial charge in [0.2, 0.25) is 0 Å². The highest BCUT2D eigenvalue weighted by molar-refractivity contribution is 7.92. The fourth-order valence-electron chi connectivity index (χ4n) is 4.11. The van der Waals surface area contributed by atoms with Crippen LogP contribution in [0.1, 0.15) is 28.8 Å². The Bertz CT molecular complexity index is 1280. The predicted octanol–water partition coefficient (Wildman–Crippen LogP) is 4.54. The van der Waals surface area contributed by atoms with Gasteiger partial charge in [-0.25, -0.2) is 8.42 Å². The predicted molar refractivity (Wildman–Crippen MR) is 137 cm³/mol. The number of carbonyl (C=O) groups is 1. The number of ether oxygens (including phenoxy) is 1. The lowest BCUT2D eigenvalue weighted by atomic mass is 10.0. The van der Waals surface area contributed by atoms with Gasteiger partial charge in [-0.1, -0.05) is 48.0 Å². The molecule has 4 rings (SSSR count). The number of rotatable bonds is 8. The number of hydrogen-bond donors (Lipinski definition) is 2. The van der Waals surface area contributed by atoms with Gasteiger partial charge in [0.25, 0.3) is 15.9 Å². The molecule has 0 atom stereocenters. The molecule has 1 aliphatic rings. The molecule has 0 radical (unpaired) electrons. The van der Waals surface area contributed by atoms with Crippen molar-refractivity contribution in [3.05, 3.63) is 88.9 Å². The number of piperidine rings is 1. The second-order valence-corrected chi connectivity index (χ2v) is 10.6. The SMILES string of the molecule is COc1ccc(Cl)cc1NS(=O)(=O)c1cccc(C(=O)NC2CCN(Cc3ccccc3)CC2)c1. The largest absolute Gasteiger partial charge is 0.495 e. The maximum atomic E-state index is 13.0. The summed E-state index contributed by atoms with van der Waals surface area (Å²) in [4.78, 5) is 15.2. The molecule has 3 aromatic rings. The molecule has 0 spiro atoms. The van der Waals surface area contributed by atoms with Gasteiger partial charge in [0.15, 0.2) is 0 Å². The van der Waals surface area contributed by atoms with Crippen LogP contribution < -0.4 is 14.8 Å². The lowest BCUT2D eigenvalue weighted by Crippen LogP contribution is -2.44. The van der Waals surface area contributed by atoms with Crippen molar-refractivity contribution >= 4 is 33.2 Å². The molecule has 0 aromatic heterocycles. The van der Waals surface area contributed by atoms with Crippen molar-refractivity contribution < 1.29 is 17.9 Å². The van der Waals surface area contributed by atoms with E-state index in [-0.39, 0.29) is 28.1 Å². The number of likely N-dealkylation sites (tertiary alicyclic amines) is 1. The van der Waals surface area contributed by atoms with Gasteiger partial charge in [-0.05, 0) is 54.8 Å². The summed E-state index contributed by atoms with van der Waals surface area (Å²) in [5, 5.41) is 3.42. The molecule has 3 aromatic carbocycles. The highest BCUT2D eigenvalue weighted by Crippen LogP contribution is 2.30. The number of anilines is 1. The zero-order valence-corrected chi connectivity index (χ0v) is 21.0. The average Bonchev–Trinajstić information content (AvgIpc) is 2.86. The quantitative estimate of drug-likeness (QED) is 0.461. The molecule has 1 saturated heterocycles. The Balaban J connectivity index is 1.38. The van der Waals surface area contributed by atoms with Crippen molar-refractivity contribution in [2.24, 2.45) is 0 Å². The minimum absolute atomic E-state index is 0.0233. The third-order valence-corrected chi connectivity index (χ3v) is 7.58. The zero-order valence-electron chi connectivity index (χ0n) is 19.4. The number of halogens is 1. The van der Waals surface area contributed by atoms with Gasteiger partial charge < -0.3 is 10.1 Å². The van der Waals surface area contributed by atoms with Crippen LogP contribution in [0.4, 0.5) is 5.69 Å². The molecular weight excluding hydrogens is 486 g/mol. The minimum atomic E-state index is -3.96. The number of methoxy groups -OCH3 is 1. The molecule has 0 aliphatic carbocycles. The summed E-state index contributed by atoms with van der Waals surface area (Å²) in [6, 6.07) is 21.0. The number of sulfonamides is 1. The smallest absolute Gasteiger partial charge is 0.262 e. The molecule has 0 unspecified atom stereocenters. The summed E-state index contributed by atoms with van der Waals surface area (Å²) in [5.74, 6) is 0.0503. The van der Waals surface area contributed by atoms with Crippen LogP contribution >= 0.6 is 11.6 Å². The van der Waals surface area contributed by atoms with Crippen LogP contribution in [0.3, 0.4) is 0 Å². The third kappa shape index (κ3) is 6.54. The summed E-state index contributed by atoms with van der Waals surface area (Å²) < 4.78 is 33.7. The summed E-state index contributed by atoms with van der Waals surface area (Å²) >= 11 is 6.01. The van der Waals surface area contributed by atoms with Gasteiger partial charge in [-0.3, -0.25) is 14.4 Å². The molecule has 0 saturated carbocycles. The second kappa shape index (κ2) is 11.1. The van der Waals surface area contributed by atoms with E-state index in [1.54, 1.807) is 24.3 Å². The van der Waals surface area contributed by atoms with Crippen LogP contribution in [0.15, 0.2) is 77.7 Å². The van der Waals surface area contributed by atoms with Crippen LogP contribution in [0.25, 0.3) is 0 Å². The van der Waals surface area contributed by atoms with E-state index >= 15 is 0 Å². The van der Waals surface area contributed by atoms with Crippen molar-refractivity contribution in [3.8, 4) is 5.75 Å². The van der Waals surface area contributed by atoms with Gasteiger partial charge in [0, 0.05) is 36.3 Å². The van der Waals surface area contributed by atoms with E-state index in [1.807, 2.05) is 18.2 Å². The Morgan fingerprint density at radius 2 is 1.77 bits per heavy atom. The molecule has 7 nitrogen and oxygen atoms in total. The summed E-state index contributed by atoms with van der Waals surface area (Å²) in [5.41, 5.74) is 1.78. The molecule has 9 heteroatoms. The Morgan fingerprint density at radius 3 is 2.49 bits per heavy atom. The number of carbonyl (C=O) groups excluding carboxylic acids is 1. The van der Waals surface area contributed by atoms with Gasteiger partial charge >= 0.3 is 0 Å². The van der Waals surface area contributed by atoms with Gasteiger partial charge in [-0.15, -0.1) is 0 Å². The molecule has 1 amide bonds. The van der Waals surface area contributed by atoms with Crippen LogP contribution in [-0.4, -0.2) is 45.5 Å². The minimum Gasteiger partial charge on any atom is -0.495 e. The fraction of sp³-hybridized carbons (Fsp3) is 0.269. The molecule has 184 valence electrons. The maximum absolute atomic E-state index is 13.0. The van der Waals surface area contributed by atoms with Crippen LogP contribution in [0, 0.1) is 0 Å². The Kier molecular flexibility index (Phi) is 7.95. The van der Waals surface area contributed by atoms with Crippen molar-refractivity contribution in [1.82, 2.24) is 10.2 Å². The van der Waals surface area contributed by atoms with Gasteiger partial charge in [0.05, 0.1) is 17.7 Å². The zero-order chi connectivity index (χ0) is 24.8. The first-order chi connectivity index (χ1) is 16.8. The van der Waals surface area contributed by atoms with Crippen molar-refractivity contribution in [1.29, 1.82) is 0 Å².